The zero-order chi connectivity index (χ0) is 17.0. The largest absolute Gasteiger partial charge is 0.353 e. The highest BCUT2D eigenvalue weighted by Crippen LogP contribution is 2.08. The summed E-state index contributed by atoms with van der Waals surface area (Å²) < 4.78 is 11.6. The van der Waals surface area contributed by atoms with Gasteiger partial charge in [0.2, 0.25) is 0 Å². The molecular weight excluding hydrogens is 286 g/mol. The minimum atomic E-state index is -0.216. The van der Waals surface area contributed by atoms with Gasteiger partial charge < -0.3 is 9.47 Å². The molecule has 0 bridgehead atoms. The molecule has 0 amide bonds. The highest BCUT2D eigenvalue weighted by atomic mass is 16.7. The van der Waals surface area contributed by atoms with E-state index in [1.165, 1.54) is 0 Å². The molecule has 3 heteroatoms. The van der Waals surface area contributed by atoms with Crippen LogP contribution >= 0.6 is 0 Å². The molecule has 0 fully saturated rings. The van der Waals surface area contributed by atoms with Gasteiger partial charge in [0.1, 0.15) is 0 Å². The average Bonchev–Trinajstić information content (AvgIpc) is 2.57. The average molecular weight is 322 g/mol. The van der Waals surface area contributed by atoms with Gasteiger partial charge in [0.15, 0.2) is 6.29 Å². The Morgan fingerprint density at radius 2 is 1.35 bits per heavy atom. The molecule has 0 N–H and O–H groups in total. The summed E-state index contributed by atoms with van der Waals surface area (Å²) in [5, 5.41) is 8.72. The minimum Gasteiger partial charge on any atom is -0.353 e. The van der Waals surface area contributed by atoms with E-state index in [0.29, 0.717) is 12.8 Å². The fourth-order valence-electron chi connectivity index (χ4n) is 2.12. The molecule has 0 aromatic rings. The van der Waals surface area contributed by atoms with Gasteiger partial charge in [-0.3, -0.25) is 0 Å². The highest BCUT2D eigenvalue weighted by molar-refractivity contribution is 4.80. The van der Waals surface area contributed by atoms with Gasteiger partial charge in [0.25, 0.3) is 0 Å². The number of ether oxygens (including phenoxy) is 2. The second-order valence-electron chi connectivity index (χ2n) is 5.62. The molecule has 0 saturated heterocycles. The summed E-state index contributed by atoms with van der Waals surface area (Å²) in [6.07, 6.45) is 18.6. The molecule has 0 aliphatic carbocycles. The van der Waals surface area contributed by atoms with E-state index in [9.17, 15) is 0 Å². The normalized spacial score (nSPS) is 11.7. The van der Waals surface area contributed by atoms with Gasteiger partial charge >= 0.3 is 0 Å². The van der Waals surface area contributed by atoms with Crippen LogP contribution in [0.15, 0.2) is 24.3 Å². The van der Waals surface area contributed by atoms with Crippen LogP contribution in [-0.4, -0.2) is 19.5 Å². The predicted molar refractivity (Wildman–Crippen MR) is 97.1 cm³/mol. The maximum Gasteiger partial charge on any atom is 0.158 e. The lowest BCUT2D eigenvalue weighted by Crippen LogP contribution is -2.18. The summed E-state index contributed by atoms with van der Waals surface area (Å²) in [4.78, 5) is 0. The molecule has 0 aromatic carbocycles. The highest BCUT2D eigenvalue weighted by Gasteiger charge is 2.08. The number of hydrogen-bond acceptors (Lipinski definition) is 3. The van der Waals surface area contributed by atoms with Crippen molar-refractivity contribution in [1.82, 2.24) is 0 Å². The number of hydrogen-bond donors (Lipinski definition) is 0. The Labute approximate surface area is 143 Å². The fraction of sp³-hybridized carbons (Fsp3) is 0.750. The van der Waals surface area contributed by atoms with Crippen molar-refractivity contribution in [3.05, 3.63) is 24.3 Å². The Balaban J connectivity index is 3.69. The molecule has 0 radical (unpaired) electrons. The van der Waals surface area contributed by atoms with E-state index in [-0.39, 0.29) is 6.29 Å². The van der Waals surface area contributed by atoms with E-state index in [2.05, 4.69) is 44.2 Å². The smallest absolute Gasteiger partial charge is 0.158 e. The molecule has 0 aliphatic rings. The zero-order valence-electron chi connectivity index (χ0n) is 15.1. The standard InChI is InChI=1S/C20H35NO2/c1-3-5-7-9-11-13-18-22-20(16-15-17-21)23-19-14-12-10-8-6-4-2/h5-8,20H,3-4,9-16,18-19H2,1-2H3/b7-5-,8-6-. The Morgan fingerprint density at radius 3 is 1.78 bits per heavy atom. The van der Waals surface area contributed by atoms with E-state index in [1.54, 1.807) is 0 Å². The van der Waals surface area contributed by atoms with Crippen molar-refractivity contribution in [3.63, 3.8) is 0 Å². The summed E-state index contributed by atoms with van der Waals surface area (Å²) in [6.45, 7) is 5.73. The van der Waals surface area contributed by atoms with Crippen LogP contribution in [0.5, 0.6) is 0 Å². The van der Waals surface area contributed by atoms with Crippen molar-refractivity contribution in [2.45, 2.75) is 84.3 Å². The lowest BCUT2D eigenvalue weighted by atomic mass is 10.2. The molecule has 0 spiro atoms. The van der Waals surface area contributed by atoms with E-state index in [0.717, 1.165) is 64.6 Å². The maximum atomic E-state index is 8.72. The lowest BCUT2D eigenvalue weighted by Gasteiger charge is -2.17. The van der Waals surface area contributed by atoms with Crippen molar-refractivity contribution in [1.29, 1.82) is 5.26 Å². The molecule has 0 saturated carbocycles. The zero-order valence-corrected chi connectivity index (χ0v) is 15.1. The van der Waals surface area contributed by atoms with E-state index in [1.807, 2.05) is 0 Å². The molecule has 0 aliphatic heterocycles. The minimum absolute atomic E-state index is 0.216. The molecule has 132 valence electrons. The van der Waals surface area contributed by atoms with Crippen LogP contribution in [0.3, 0.4) is 0 Å². The molecule has 0 heterocycles. The Hall–Kier alpha value is -1.11. The number of allylic oxidation sites excluding steroid dienone is 4. The van der Waals surface area contributed by atoms with Gasteiger partial charge in [-0.05, 0) is 51.4 Å². The third-order valence-electron chi connectivity index (χ3n) is 3.43. The predicted octanol–water partition coefficient (Wildman–Crippen LogP) is 5.92. The first kappa shape index (κ1) is 21.9. The monoisotopic (exact) mass is 321 g/mol. The fourth-order valence-corrected chi connectivity index (χ4v) is 2.12. The van der Waals surface area contributed by atoms with Gasteiger partial charge in [-0.2, -0.15) is 5.26 Å². The summed E-state index contributed by atoms with van der Waals surface area (Å²) in [6, 6.07) is 2.17. The van der Waals surface area contributed by atoms with E-state index in [4.69, 9.17) is 14.7 Å². The van der Waals surface area contributed by atoms with Crippen LogP contribution in [0.1, 0.15) is 78.1 Å². The molecular formula is C20H35NO2. The van der Waals surface area contributed by atoms with Gasteiger partial charge in [-0.15, -0.1) is 0 Å². The molecule has 0 rings (SSSR count). The number of rotatable bonds is 16. The number of unbranched alkanes of at least 4 members (excludes halogenated alkanes) is 4. The van der Waals surface area contributed by atoms with E-state index >= 15 is 0 Å². The first-order valence-electron chi connectivity index (χ1n) is 9.25. The molecule has 0 atom stereocenters. The van der Waals surface area contributed by atoms with Crippen LogP contribution in [0.25, 0.3) is 0 Å². The Kier molecular flexibility index (Phi) is 18.0. The number of nitriles is 1. The van der Waals surface area contributed by atoms with Gasteiger partial charge in [0.05, 0.1) is 6.07 Å². The molecule has 23 heavy (non-hydrogen) atoms. The van der Waals surface area contributed by atoms with Crippen LogP contribution in [0.2, 0.25) is 0 Å². The summed E-state index contributed by atoms with van der Waals surface area (Å²) in [7, 11) is 0. The second kappa shape index (κ2) is 18.9. The molecule has 0 unspecified atom stereocenters. The number of nitrogens with zero attached hydrogens (tertiary/aromatic N) is 1. The van der Waals surface area contributed by atoms with Crippen molar-refractivity contribution >= 4 is 0 Å². The summed E-state index contributed by atoms with van der Waals surface area (Å²) in [5.74, 6) is 0. The maximum absolute atomic E-state index is 8.72. The summed E-state index contributed by atoms with van der Waals surface area (Å²) >= 11 is 0. The van der Waals surface area contributed by atoms with Gasteiger partial charge in [-0.25, -0.2) is 0 Å². The SMILES string of the molecule is CC/C=C\CCCCOC(CCC#N)OCCCC/C=C\CC. The molecule has 0 aromatic heterocycles. The van der Waals surface area contributed by atoms with Crippen molar-refractivity contribution in [3.8, 4) is 6.07 Å². The van der Waals surface area contributed by atoms with Gasteiger partial charge in [-0.1, -0.05) is 38.2 Å². The Bertz CT molecular complexity index is 307. The van der Waals surface area contributed by atoms with Crippen LogP contribution in [0.4, 0.5) is 0 Å². The third kappa shape index (κ3) is 17.1. The van der Waals surface area contributed by atoms with Crippen molar-refractivity contribution in [2.24, 2.45) is 0 Å². The van der Waals surface area contributed by atoms with Crippen LogP contribution in [0, 0.1) is 11.3 Å². The first-order chi connectivity index (χ1) is 11.3. The van der Waals surface area contributed by atoms with Crippen molar-refractivity contribution < 1.29 is 9.47 Å². The first-order valence-corrected chi connectivity index (χ1v) is 9.25. The summed E-state index contributed by atoms with van der Waals surface area (Å²) in [5.41, 5.74) is 0. The van der Waals surface area contributed by atoms with Gasteiger partial charge in [0, 0.05) is 26.1 Å². The third-order valence-corrected chi connectivity index (χ3v) is 3.43. The topological polar surface area (TPSA) is 42.2 Å². The lowest BCUT2D eigenvalue weighted by molar-refractivity contribution is -0.146. The van der Waals surface area contributed by atoms with E-state index < -0.39 is 0 Å². The van der Waals surface area contributed by atoms with Crippen molar-refractivity contribution in [2.75, 3.05) is 13.2 Å². The van der Waals surface area contributed by atoms with Crippen LogP contribution in [-0.2, 0) is 9.47 Å². The van der Waals surface area contributed by atoms with Crippen LogP contribution < -0.4 is 0 Å². The second-order valence-corrected chi connectivity index (χ2v) is 5.62. The molecule has 3 nitrogen and oxygen atoms in total. The Morgan fingerprint density at radius 1 is 0.826 bits per heavy atom. The quantitative estimate of drug-likeness (QED) is 0.201.